The lowest BCUT2D eigenvalue weighted by Crippen LogP contribution is -2.12. The van der Waals surface area contributed by atoms with Gasteiger partial charge < -0.3 is 5.73 Å². The van der Waals surface area contributed by atoms with E-state index in [9.17, 15) is 4.79 Å². The summed E-state index contributed by atoms with van der Waals surface area (Å²) in [4.78, 5) is 10.9. The molecule has 1 amide bonds. The third-order valence-electron chi connectivity index (χ3n) is 1.68. The second kappa shape index (κ2) is 4.63. The molecule has 0 atom stereocenters. The van der Waals surface area contributed by atoms with E-state index in [0.717, 1.165) is 17.3 Å². The molecule has 2 nitrogen and oxygen atoms in total. The van der Waals surface area contributed by atoms with E-state index in [4.69, 9.17) is 17.3 Å². The molecule has 70 valence electrons. The topological polar surface area (TPSA) is 43.1 Å². The van der Waals surface area contributed by atoms with Crippen molar-refractivity contribution in [1.82, 2.24) is 0 Å². The van der Waals surface area contributed by atoms with Gasteiger partial charge in [-0.05, 0) is 24.1 Å². The minimum atomic E-state index is -0.485. The van der Waals surface area contributed by atoms with Crippen LogP contribution in [0.15, 0.2) is 18.2 Å². The Labute approximate surface area is 90.2 Å². The predicted molar refractivity (Wildman–Crippen MR) is 57.5 cm³/mol. The molecule has 0 aliphatic carbocycles. The average molecular weight is 263 g/mol. The Kier molecular flexibility index (Phi) is 3.75. The van der Waals surface area contributed by atoms with Gasteiger partial charge in [0.05, 0.1) is 10.6 Å². The normalized spacial score (nSPS) is 10.0. The molecule has 4 heteroatoms. The van der Waals surface area contributed by atoms with Crippen LogP contribution in [0.1, 0.15) is 15.9 Å². The fraction of sp³-hybridized carbons (Fsp3) is 0.222. The molecule has 0 spiro atoms. The van der Waals surface area contributed by atoms with E-state index < -0.39 is 5.91 Å². The van der Waals surface area contributed by atoms with Crippen LogP contribution in [0.25, 0.3) is 0 Å². The van der Waals surface area contributed by atoms with Gasteiger partial charge in [0.15, 0.2) is 0 Å². The number of hydrogen-bond acceptors (Lipinski definition) is 1. The fourth-order valence-corrected chi connectivity index (χ4v) is 1.69. The van der Waals surface area contributed by atoms with Crippen LogP contribution < -0.4 is 5.73 Å². The van der Waals surface area contributed by atoms with Crippen LogP contribution in [0, 0.1) is 0 Å². The first kappa shape index (κ1) is 10.5. The molecule has 0 saturated carbocycles. The molecule has 0 unspecified atom stereocenters. The number of alkyl halides is 1. The van der Waals surface area contributed by atoms with Gasteiger partial charge in [0.2, 0.25) is 5.91 Å². The van der Waals surface area contributed by atoms with Crippen molar-refractivity contribution in [2.24, 2.45) is 5.73 Å². The van der Waals surface area contributed by atoms with Crippen molar-refractivity contribution in [2.75, 3.05) is 5.33 Å². The maximum atomic E-state index is 10.9. The largest absolute Gasteiger partial charge is 0.366 e. The summed E-state index contributed by atoms with van der Waals surface area (Å²) < 4.78 is 0. The van der Waals surface area contributed by atoms with E-state index in [1.807, 2.05) is 6.07 Å². The maximum absolute atomic E-state index is 10.9. The van der Waals surface area contributed by atoms with Crippen LogP contribution in [0.2, 0.25) is 5.02 Å². The molecule has 0 fully saturated rings. The SMILES string of the molecule is NC(=O)c1cc(CCBr)ccc1Cl. The fourth-order valence-electron chi connectivity index (χ4n) is 1.03. The molecule has 1 aromatic carbocycles. The van der Waals surface area contributed by atoms with Crippen LogP contribution in [0.4, 0.5) is 0 Å². The van der Waals surface area contributed by atoms with Gasteiger partial charge in [-0.1, -0.05) is 33.6 Å². The van der Waals surface area contributed by atoms with Gasteiger partial charge in [-0.3, -0.25) is 4.79 Å². The number of primary amides is 1. The van der Waals surface area contributed by atoms with Gasteiger partial charge in [0, 0.05) is 5.33 Å². The predicted octanol–water partition coefficient (Wildman–Crippen LogP) is 2.38. The summed E-state index contributed by atoms with van der Waals surface area (Å²) in [5, 5.41) is 1.26. The van der Waals surface area contributed by atoms with Crippen LogP contribution in [0.3, 0.4) is 0 Å². The number of hydrogen-bond donors (Lipinski definition) is 1. The summed E-state index contributed by atoms with van der Waals surface area (Å²) >= 11 is 9.10. The minimum Gasteiger partial charge on any atom is -0.366 e. The number of carbonyl (C=O) groups excluding carboxylic acids is 1. The molecule has 13 heavy (non-hydrogen) atoms. The zero-order chi connectivity index (χ0) is 9.84. The molecule has 0 aromatic heterocycles. The third-order valence-corrected chi connectivity index (χ3v) is 2.41. The zero-order valence-electron chi connectivity index (χ0n) is 6.89. The molecule has 0 aliphatic heterocycles. The van der Waals surface area contributed by atoms with Crippen molar-refractivity contribution in [2.45, 2.75) is 6.42 Å². The van der Waals surface area contributed by atoms with E-state index in [2.05, 4.69) is 15.9 Å². The van der Waals surface area contributed by atoms with Crippen LogP contribution in [-0.2, 0) is 6.42 Å². The number of carbonyl (C=O) groups is 1. The molecule has 0 aliphatic rings. The van der Waals surface area contributed by atoms with E-state index >= 15 is 0 Å². The first-order valence-electron chi connectivity index (χ1n) is 3.79. The molecule has 1 rings (SSSR count). The average Bonchev–Trinajstić information content (AvgIpc) is 2.08. The maximum Gasteiger partial charge on any atom is 0.250 e. The standard InChI is InChI=1S/C9H9BrClNO/c10-4-3-6-1-2-8(11)7(5-6)9(12)13/h1-2,5H,3-4H2,(H2,12,13). The Morgan fingerprint density at radius 1 is 1.54 bits per heavy atom. The number of rotatable bonds is 3. The van der Waals surface area contributed by atoms with E-state index in [-0.39, 0.29) is 0 Å². The molecule has 2 N–H and O–H groups in total. The van der Waals surface area contributed by atoms with Crippen molar-refractivity contribution in [1.29, 1.82) is 0 Å². The highest BCUT2D eigenvalue weighted by molar-refractivity contribution is 9.09. The second-order valence-corrected chi connectivity index (χ2v) is 3.82. The van der Waals surface area contributed by atoms with Gasteiger partial charge in [0.25, 0.3) is 0 Å². The van der Waals surface area contributed by atoms with Crippen LogP contribution in [0.5, 0.6) is 0 Å². The summed E-state index contributed by atoms with van der Waals surface area (Å²) in [6, 6.07) is 5.31. The van der Waals surface area contributed by atoms with Gasteiger partial charge >= 0.3 is 0 Å². The summed E-state index contributed by atoms with van der Waals surface area (Å²) in [7, 11) is 0. The van der Waals surface area contributed by atoms with E-state index in [0.29, 0.717) is 10.6 Å². The Hall–Kier alpha value is -0.540. The summed E-state index contributed by atoms with van der Waals surface area (Å²) in [5.41, 5.74) is 6.58. The number of benzene rings is 1. The van der Waals surface area contributed by atoms with Crippen LogP contribution in [-0.4, -0.2) is 11.2 Å². The van der Waals surface area contributed by atoms with Crippen molar-refractivity contribution in [3.63, 3.8) is 0 Å². The summed E-state index contributed by atoms with van der Waals surface area (Å²) in [5.74, 6) is -0.485. The van der Waals surface area contributed by atoms with Crippen LogP contribution >= 0.6 is 27.5 Å². The Balaban J connectivity index is 3.04. The van der Waals surface area contributed by atoms with Crippen molar-refractivity contribution < 1.29 is 4.79 Å². The van der Waals surface area contributed by atoms with Crippen molar-refractivity contribution in [3.05, 3.63) is 34.3 Å². The number of amides is 1. The minimum absolute atomic E-state index is 0.389. The molecular formula is C9H9BrClNO. The van der Waals surface area contributed by atoms with Gasteiger partial charge in [-0.2, -0.15) is 0 Å². The summed E-state index contributed by atoms with van der Waals surface area (Å²) in [6.07, 6.45) is 0.859. The number of halogens is 2. The van der Waals surface area contributed by atoms with Crippen molar-refractivity contribution >= 4 is 33.4 Å². The Morgan fingerprint density at radius 3 is 2.77 bits per heavy atom. The molecule has 0 radical (unpaired) electrons. The highest BCUT2D eigenvalue weighted by Crippen LogP contribution is 2.17. The van der Waals surface area contributed by atoms with Gasteiger partial charge in [0.1, 0.15) is 0 Å². The summed E-state index contributed by atoms with van der Waals surface area (Å²) in [6.45, 7) is 0. The first-order valence-corrected chi connectivity index (χ1v) is 5.29. The third kappa shape index (κ3) is 2.71. The molecule has 0 bridgehead atoms. The smallest absolute Gasteiger partial charge is 0.250 e. The number of aryl methyl sites for hydroxylation is 1. The van der Waals surface area contributed by atoms with Gasteiger partial charge in [-0.25, -0.2) is 0 Å². The second-order valence-electron chi connectivity index (χ2n) is 2.62. The lowest BCUT2D eigenvalue weighted by molar-refractivity contribution is 0.100. The van der Waals surface area contributed by atoms with E-state index in [1.54, 1.807) is 12.1 Å². The lowest BCUT2D eigenvalue weighted by Gasteiger charge is -2.02. The first-order chi connectivity index (χ1) is 6.15. The Bertz CT molecular complexity index is 327. The molecule has 0 saturated heterocycles. The van der Waals surface area contributed by atoms with Gasteiger partial charge in [-0.15, -0.1) is 0 Å². The molecule has 0 heterocycles. The van der Waals surface area contributed by atoms with E-state index in [1.165, 1.54) is 0 Å². The molecule has 1 aromatic rings. The molecular weight excluding hydrogens is 253 g/mol. The number of nitrogens with two attached hydrogens (primary N) is 1. The Morgan fingerprint density at radius 2 is 2.23 bits per heavy atom. The highest BCUT2D eigenvalue weighted by atomic mass is 79.9. The van der Waals surface area contributed by atoms with Crippen molar-refractivity contribution in [3.8, 4) is 0 Å². The zero-order valence-corrected chi connectivity index (χ0v) is 9.23. The quantitative estimate of drug-likeness (QED) is 0.835. The lowest BCUT2D eigenvalue weighted by atomic mass is 10.1. The monoisotopic (exact) mass is 261 g/mol. The highest BCUT2D eigenvalue weighted by Gasteiger charge is 2.06.